The van der Waals surface area contributed by atoms with E-state index in [1.807, 2.05) is 0 Å². The lowest BCUT2D eigenvalue weighted by molar-refractivity contribution is 0.112. The first-order chi connectivity index (χ1) is 9.54. The van der Waals surface area contributed by atoms with Crippen LogP contribution in [-0.2, 0) is 0 Å². The Labute approximate surface area is 118 Å². The molecule has 1 fully saturated rings. The minimum atomic E-state index is -1.07. The molecular weight excluding hydrogens is 284 g/mol. The Morgan fingerprint density at radius 1 is 1.60 bits per heavy atom. The molecule has 2 heterocycles. The molecule has 0 bridgehead atoms. The molecule has 3 rings (SSSR count). The first kappa shape index (κ1) is 12.9. The number of halogens is 1. The summed E-state index contributed by atoms with van der Waals surface area (Å²) < 4.78 is 1.36. The van der Waals surface area contributed by atoms with E-state index in [2.05, 4.69) is 10.1 Å². The molecule has 104 valence electrons. The van der Waals surface area contributed by atoms with Crippen LogP contribution in [0.4, 0.5) is 10.6 Å². The summed E-state index contributed by atoms with van der Waals surface area (Å²) in [6, 6.07) is -0.0725. The zero-order valence-electron chi connectivity index (χ0n) is 10.6. The van der Waals surface area contributed by atoms with E-state index in [1.165, 1.54) is 15.6 Å². The molecule has 0 spiro atoms. The van der Waals surface area contributed by atoms with Gasteiger partial charge in [-0.3, -0.25) is 9.69 Å². The number of anilines is 1. The van der Waals surface area contributed by atoms with Crippen molar-refractivity contribution in [3.05, 3.63) is 22.5 Å². The van der Waals surface area contributed by atoms with E-state index in [0.717, 1.165) is 12.8 Å². The van der Waals surface area contributed by atoms with Crippen LogP contribution < -0.4 is 4.90 Å². The Balaban J connectivity index is 2.32. The maximum Gasteiger partial charge on any atom is 0.413 e. The zero-order valence-corrected chi connectivity index (χ0v) is 11.3. The topological polar surface area (TPSA) is 87.8 Å². The second kappa shape index (κ2) is 4.45. The summed E-state index contributed by atoms with van der Waals surface area (Å²) in [6.45, 7) is 1.69. The molecule has 2 aromatic heterocycles. The summed E-state index contributed by atoms with van der Waals surface area (Å²) in [5.41, 5.74) is 1.06. The third kappa shape index (κ3) is 1.82. The number of rotatable bonds is 3. The molecule has 0 saturated heterocycles. The fraction of sp³-hybridized carbons (Fsp3) is 0.333. The lowest BCUT2D eigenvalue weighted by atomic mass is 10.3. The van der Waals surface area contributed by atoms with Gasteiger partial charge in [-0.2, -0.15) is 9.61 Å². The van der Waals surface area contributed by atoms with Crippen LogP contribution in [0.15, 0.2) is 6.20 Å². The van der Waals surface area contributed by atoms with Crippen molar-refractivity contribution >= 4 is 35.4 Å². The first-order valence-corrected chi connectivity index (χ1v) is 6.43. The Kier molecular flexibility index (Phi) is 2.86. The average molecular weight is 295 g/mol. The summed E-state index contributed by atoms with van der Waals surface area (Å²) in [5.74, 6) is 0.350. The molecule has 1 aliphatic rings. The molecule has 1 saturated carbocycles. The first-order valence-electron chi connectivity index (χ1n) is 6.05. The summed E-state index contributed by atoms with van der Waals surface area (Å²) >= 11 is 6.06. The summed E-state index contributed by atoms with van der Waals surface area (Å²) in [6.07, 6.45) is 2.50. The van der Waals surface area contributed by atoms with Gasteiger partial charge in [0, 0.05) is 11.6 Å². The van der Waals surface area contributed by atoms with Crippen molar-refractivity contribution in [2.45, 2.75) is 25.8 Å². The second-order valence-corrected chi connectivity index (χ2v) is 5.05. The fourth-order valence-corrected chi connectivity index (χ4v) is 2.33. The predicted molar refractivity (Wildman–Crippen MR) is 71.6 cm³/mol. The quantitative estimate of drug-likeness (QED) is 0.692. The Morgan fingerprint density at radius 3 is 2.85 bits per heavy atom. The van der Waals surface area contributed by atoms with Gasteiger partial charge >= 0.3 is 6.09 Å². The van der Waals surface area contributed by atoms with Crippen LogP contribution in [0.5, 0.6) is 0 Å². The number of nitrogens with zero attached hydrogens (tertiary/aromatic N) is 4. The molecule has 20 heavy (non-hydrogen) atoms. The van der Waals surface area contributed by atoms with Gasteiger partial charge in [0.1, 0.15) is 11.0 Å². The van der Waals surface area contributed by atoms with Gasteiger partial charge in [-0.15, -0.1) is 0 Å². The lowest BCUT2D eigenvalue weighted by Crippen LogP contribution is -2.34. The van der Waals surface area contributed by atoms with Crippen LogP contribution in [0.25, 0.3) is 5.65 Å². The molecule has 1 N–H and O–H groups in total. The van der Waals surface area contributed by atoms with E-state index < -0.39 is 6.09 Å². The monoisotopic (exact) mass is 294 g/mol. The summed E-state index contributed by atoms with van der Waals surface area (Å²) in [5, 5.41) is 13.7. The van der Waals surface area contributed by atoms with Gasteiger partial charge in [0.2, 0.25) is 0 Å². The normalized spacial score (nSPS) is 14.5. The summed E-state index contributed by atoms with van der Waals surface area (Å²) in [7, 11) is 0. The molecular formula is C12H11ClN4O3. The van der Waals surface area contributed by atoms with Crippen molar-refractivity contribution < 1.29 is 14.7 Å². The van der Waals surface area contributed by atoms with E-state index in [1.54, 1.807) is 6.92 Å². The highest BCUT2D eigenvalue weighted by Crippen LogP contribution is 2.35. The molecule has 0 aromatic carbocycles. The van der Waals surface area contributed by atoms with E-state index in [-0.39, 0.29) is 22.4 Å². The largest absolute Gasteiger partial charge is 0.465 e. The van der Waals surface area contributed by atoms with Gasteiger partial charge in [0.25, 0.3) is 0 Å². The molecule has 8 heteroatoms. The van der Waals surface area contributed by atoms with Gasteiger partial charge in [-0.05, 0) is 19.8 Å². The number of amides is 1. The van der Waals surface area contributed by atoms with E-state index >= 15 is 0 Å². The highest BCUT2D eigenvalue weighted by molar-refractivity contribution is 6.30. The number of aromatic nitrogens is 3. The van der Waals surface area contributed by atoms with Crippen molar-refractivity contribution in [3.63, 3.8) is 0 Å². The third-order valence-corrected chi connectivity index (χ3v) is 3.66. The second-order valence-electron chi connectivity index (χ2n) is 4.69. The smallest absolute Gasteiger partial charge is 0.413 e. The highest BCUT2D eigenvalue weighted by atomic mass is 35.5. The van der Waals surface area contributed by atoms with Crippen LogP contribution in [0.1, 0.15) is 28.8 Å². The van der Waals surface area contributed by atoms with Crippen molar-refractivity contribution in [3.8, 4) is 0 Å². The van der Waals surface area contributed by atoms with Crippen molar-refractivity contribution in [1.82, 2.24) is 14.6 Å². The number of aldehydes is 1. The molecule has 1 amide bonds. The van der Waals surface area contributed by atoms with Gasteiger partial charge in [0.05, 0.1) is 11.8 Å². The molecule has 0 atom stereocenters. The molecule has 0 aliphatic heterocycles. The van der Waals surface area contributed by atoms with Gasteiger partial charge in [0.15, 0.2) is 11.9 Å². The van der Waals surface area contributed by atoms with E-state index in [9.17, 15) is 14.7 Å². The summed E-state index contributed by atoms with van der Waals surface area (Å²) in [4.78, 5) is 27.8. The van der Waals surface area contributed by atoms with Gasteiger partial charge in [-0.25, -0.2) is 9.78 Å². The minimum Gasteiger partial charge on any atom is -0.465 e. The molecule has 7 nitrogen and oxygen atoms in total. The third-order valence-electron chi connectivity index (χ3n) is 3.29. The van der Waals surface area contributed by atoms with Gasteiger partial charge in [-0.1, -0.05) is 11.6 Å². The molecule has 2 aromatic rings. The zero-order chi connectivity index (χ0) is 14.4. The number of carbonyl (C=O) groups is 2. The van der Waals surface area contributed by atoms with Crippen LogP contribution in [-0.4, -0.2) is 38.1 Å². The number of fused-ring (bicyclic) bond motifs is 1. The van der Waals surface area contributed by atoms with Crippen molar-refractivity contribution in [1.29, 1.82) is 0 Å². The van der Waals surface area contributed by atoms with E-state index in [0.29, 0.717) is 17.7 Å². The number of hydrogen-bond acceptors (Lipinski definition) is 4. The highest BCUT2D eigenvalue weighted by Gasteiger charge is 2.37. The van der Waals surface area contributed by atoms with Crippen LogP contribution in [0, 0.1) is 6.92 Å². The number of carboxylic acid groups (broad SMARTS) is 1. The molecule has 0 unspecified atom stereocenters. The molecule has 0 radical (unpaired) electrons. The Bertz CT molecular complexity index is 723. The number of hydrogen-bond donors (Lipinski definition) is 1. The fourth-order valence-electron chi connectivity index (χ4n) is 2.17. The SMILES string of the molecule is Cc1c(Cl)nc2c(C=O)cnn2c1N(C(=O)O)C1CC1. The van der Waals surface area contributed by atoms with Crippen molar-refractivity contribution in [2.24, 2.45) is 0 Å². The Hall–Kier alpha value is -2.15. The van der Waals surface area contributed by atoms with Crippen LogP contribution in [0.3, 0.4) is 0 Å². The maximum absolute atomic E-state index is 11.5. The Morgan fingerprint density at radius 2 is 2.30 bits per heavy atom. The predicted octanol–water partition coefficient (Wildman–Crippen LogP) is 2.15. The standard InChI is InChI=1S/C12H11ClN4O3/c1-6-9(13)15-10-7(5-18)4-14-17(10)11(6)16(12(19)20)8-2-3-8/h4-5,8H,2-3H2,1H3,(H,19,20). The lowest BCUT2D eigenvalue weighted by Gasteiger charge is -2.21. The van der Waals surface area contributed by atoms with E-state index in [4.69, 9.17) is 11.6 Å². The maximum atomic E-state index is 11.5. The number of carbonyl (C=O) groups excluding carboxylic acids is 1. The van der Waals surface area contributed by atoms with Crippen LogP contribution in [0.2, 0.25) is 5.15 Å². The van der Waals surface area contributed by atoms with Crippen LogP contribution >= 0.6 is 11.6 Å². The average Bonchev–Trinajstić information content (AvgIpc) is 3.15. The van der Waals surface area contributed by atoms with Gasteiger partial charge < -0.3 is 5.11 Å². The van der Waals surface area contributed by atoms with Crippen molar-refractivity contribution in [2.75, 3.05) is 4.90 Å². The minimum absolute atomic E-state index is 0.0725. The molecule has 1 aliphatic carbocycles.